The van der Waals surface area contributed by atoms with Crippen molar-refractivity contribution >= 4 is 28.4 Å². The predicted octanol–water partition coefficient (Wildman–Crippen LogP) is 4.38. The summed E-state index contributed by atoms with van der Waals surface area (Å²) in [5, 5.41) is 12.7. The van der Waals surface area contributed by atoms with E-state index in [9.17, 15) is 22.4 Å². The summed E-state index contributed by atoms with van der Waals surface area (Å²) in [5.74, 6) is -1.50. The number of amides is 1. The Balaban J connectivity index is 1.57. The maximum Gasteiger partial charge on any atom is 0.416 e. The van der Waals surface area contributed by atoms with Gasteiger partial charge in [0.2, 0.25) is 0 Å². The van der Waals surface area contributed by atoms with Gasteiger partial charge in [-0.25, -0.2) is 14.4 Å². The molecule has 4 rings (SSSR count). The molecule has 0 fully saturated rings. The number of carbonyl (C=O) groups is 1. The minimum atomic E-state index is -4.56. The minimum absolute atomic E-state index is 0.0688. The molecule has 31 heavy (non-hydrogen) atoms. The molecular weight excluding hydrogens is 416 g/mol. The Hall–Kier alpha value is -4.02. The first-order valence-electron chi connectivity index (χ1n) is 8.96. The van der Waals surface area contributed by atoms with Crippen molar-refractivity contribution in [2.24, 2.45) is 0 Å². The van der Waals surface area contributed by atoms with E-state index in [1.54, 1.807) is 18.5 Å². The highest BCUT2D eigenvalue weighted by atomic mass is 19.4. The van der Waals surface area contributed by atoms with Gasteiger partial charge in [-0.1, -0.05) is 6.07 Å². The molecule has 4 aromatic rings. The normalized spacial score (nSPS) is 11.5. The molecule has 3 N–H and O–H groups in total. The number of hydrogen-bond donors (Lipinski definition) is 3. The van der Waals surface area contributed by atoms with E-state index in [1.165, 1.54) is 12.1 Å². The second-order valence-corrected chi connectivity index (χ2v) is 6.54. The lowest BCUT2D eigenvalue weighted by Gasteiger charge is -2.13. The Morgan fingerprint density at radius 2 is 1.94 bits per heavy atom. The van der Waals surface area contributed by atoms with Gasteiger partial charge in [0.15, 0.2) is 5.65 Å². The van der Waals surface area contributed by atoms with Crippen LogP contribution in [0.1, 0.15) is 21.5 Å². The number of benzene rings is 1. The van der Waals surface area contributed by atoms with Gasteiger partial charge in [-0.2, -0.15) is 18.3 Å². The van der Waals surface area contributed by atoms with Gasteiger partial charge in [0.25, 0.3) is 5.91 Å². The highest BCUT2D eigenvalue weighted by Gasteiger charge is 2.30. The van der Waals surface area contributed by atoms with Gasteiger partial charge in [0.05, 0.1) is 23.5 Å². The van der Waals surface area contributed by atoms with E-state index in [0.717, 1.165) is 35.3 Å². The van der Waals surface area contributed by atoms with Crippen LogP contribution in [0.5, 0.6) is 0 Å². The number of fused-ring (bicyclic) bond motifs is 1. The summed E-state index contributed by atoms with van der Waals surface area (Å²) in [6.45, 7) is 0.223. The van der Waals surface area contributed by atoms with Crippen LogP contribution in [0.3, 0.4) is 0 Å². The lowest BCUT2D eigenvalue weighted by atomic mass is 10.1. The molecule has 1 amide bonds. The van der Waals surface area contributed by atoms with Crippen LogP contribution in [0.15, 0.2) is 55.0 Å². The number of aromatic amines is 1. The Kier molecular flexibility index (Phi) is 5.24. The third-order valence-electron chi connectivity index (χ3n) is 4.44. The monoisotopic (exact) mass is 430 g/mol. The number of halogens is 4. The summed E-state index contributed by atoms with van der Waals surface area (Å²) >= 11 is 0. The van der Waals surface area contributed by atoms with Gasteiger partial charge in [-0.3, -0.25) is 9.89 Å². The molecule has 3 aromatic heterocycles. The van der Waals surface area contributed by atoms with E-state index in [2.05, 4.69) is 30.8 Å². The summed E-state index contributed by atoms with van der Waals surface area (Å²) in [6, 6.07) is 6.86. The molecule has 0 spiro atoms. The van der Waals surface area contributed by atoms with Gasteiger partial charge in [-0.05, 0) is 35.9 Å². The Labute approximate surface area is 172 Å². The van der Waals surface area contributed by atoms with E-state index in [0.29, 0.717) is 5.65 Å². The second kappa shape index (κ2) is 8.01. The van der Waals surface area contributed by atoms with E-state index < -0.39 is 23.5 Å². The maximum atomic E-state index is 13.8. The van der Waals surface area contributed by atoms with Crippen LogP contribution in [0.25, 0.3) is 11.0 Å². The van der Waals surface area contributed by atoms with Gasteiger partial charge >= 0.3 is 6.18 Å². The van der Waals surface area contributed by atoms with Gasteiger partial charge in [0.1, 0.15) is 11.6 Å². The van der Waals surface area contributed by atoms with Gasteiger partial charge < -0.3 is 10.6 Å². The highest BCUT2D eigenvalue weighted by molar-refractivity contribution is 6.07. The minimum Gasteiger partial charge on any atom is -0.365 e. The smallest absolute Gasteiger partial charge is 0.365 e. The predicted molar refractivity (Wildman–Crippen MR) is 105 cm³/mol. The lowest BCUT2D eigenvalue weighted by molar-refractivity contribution is -0.137. The number of hydrogen-bond acceptors (Lipinski definition) is 5. The zero-order valence-electron chi connectivity index (χ0n) is 15.7. The summed E-state index contributed by atoms with van der Waals surface area (Å²) in [4.78, 5) is 20.7. The second-order valence-electron chi connectivity index (χ2n) is 6.54. The van der Waals surface area contributed by atoms with Gasteiger partial charge in [0, 0.05) is 23.8 Å². The highest BCUT2D eigenvalue weighted by Crippen LogP contribution is 2.31. The average Bonchev–Trinajstić information content (AvgIpc) is 3.22. The molecule has 0 bridgehead atoms. The molecule has 0 unspecified atom stereocenters. The lowest BCUT2D eigenvalue weighted by Crippen LogP contribution is -2.17. The van der Waals surface area contributed by atoms with Crippen molar-refractivity contribution < 1.29 is 22.4 Å². The maximum absolute atomic E-state index is 13.8. The Morgan fingerprint density at radius 3 is 2.74 bits per heavy atom. The molecule has 158 valence electrons. The summed E-state index contributed by atoms with van der Waals surface area (Å²) < 4.78 is 52.5. The number of aromatic nitrogens is 4. The van der Waals surface area contributed by atoms with E-state index >= 15 is 0 Å². The Bertz CT molecular complexity index is 1250. The van der Waals surface area contributed by atoms with Gasteiger partial charge in [-0.15, -0.1) is 0 Å². The topological polar surface area (TPSA) is 95.6 Å². The van der Waals surface area contributed by atoms with Crippen molar-refractivity contribution in [3.63, 3.8) is 0 Å². The van der Waals surface area contributed by atoms with Crippen molar-refractivity contribution in [2.45, 2.75) is 12.7 Å². The summed E-state index contributed by atoms with van der Waals surface area (Å²) in [5.41, 5.74) is 0.227. The van der Waals surface area contributed by atoms with Crippen molar-refractivity contribution in [3.8, 4) is 0 Å². The molecule has 0 radical (unpaired) electrons. The first-order chi connectivity index (χ1) is 14.8. The molecule has 0 aliphatic carbocycles. The molecule has 0 saturated carbocycles. The molecule has 0 atom stereocenters. The van der Waals surface area contributed by atoms with Crippen molar-refractivity contribution in [2.75, 3.05) is 10.6 Å². The Morgan fingerprint density at radius 1 is 1.10 bits per heavy atom. The van der Waals surface area contributed by atoms with Crippen LogP contribution < -0.4 is 10.6 Å². The number of carbonyl (C=O) groups excluding carboxylic acids is 1. The first kappa shape index (κ1) is 20.3. The standard InChI is InChI=1S/C20H14F4N6O/c21-13-7-15(19(31)29-14-3-1-2-12(6-14)20(22,23)24)17(27-9-13)26-8-11-4-5-25-18-16(11)10-28-30-18/h1-7,9-10H,8H2,(H,26,27)(H,29,31)(H,25,28,30). The fourth-order valence-corrected chi connectivity index (χ4v) is 2.96. The quantitative estimate of drug-likeness (QED) is 0.409. The molecule has 7 nitrogen and oxygen atoms in total. The fourth-order valence-electron chi connectivity index (χ4n) is 2.96. The largest absolute Gasteiger partial charge is 0.416 e. The molecular formula is C20H14F4N6O. The first-order valence-corrected chi connectivity index (χ1v) is 8.96. The van der Waals surface area contributed by atoms with Crippen LogP contribution >= 0.6 is 0 Å². The molecule has 0 aliphatic rings. The third-order valence-corrected chi connectivity index (χ3v) is 4.44. The van der Waals surface area contributed by atoms with Crippen LogP contribution in [-0.2, 0) is 12.7 Å². The third kappa shape index (κ3) is 4.44. The van der Waals surface area contributed by atoms with Crippen LogP contribution in [-0.4, -0.2) is 26.1 Å². The van der Waals surface area contributed by atoms with Crippen LogP contribution in [0, 0.1) is 5.82 Å². The number of H-pyrrole nitrogens is 1. The van der Waals surface area contributed by atoms with Crippen molar-refractivity contribution in [1.29, 1.82) is 0 Å². The zero-order valence-corrected chi connectivity index (χ0v) is 15.7. The molecule has 3 heterocycles. The number of nitrogens with one attached hydrogen (secondary N) is 3. The van der Waals surface area contributed by atoms with Crippen LogP contribution in [0.2, 0.25) is 0 Å². The van der Waals surface area contributed by atoms with Crippen molar-refractivity contribution in [1.82, 2.24) is 20.2 Å². The zero-order chi connectivity index (χ0) is 22.0. The van der Waals surface area contributed by atoms with E-state index in [-0.39, 0.29) is 23.6 Å². The summed E-state index contributed by atoms with van der Waals surface area (Å²) in [7, 11) is 0. The average molecular weight is 430 g/mol. The molecule has 0 saturated heterocycles. The fraction of sp³-hybridized carbons (Fsp3) is 0.100. The number of rotatable bonds is 5. The van der Waals surface area contributed by atoms with E-state index in [4.69, 9.17) is 0 Å². The molecule has 1 aromatic carbocycles. The van der Waals surface area contributed by atoms with Crippen molar-refractivity contribution in [3.05, 3.63) is 77.5 Å². The number of nitrogens with zero attached hydrogens (tertiary/aromatic N) is 3. The molecule has 11 heteroatoms. The number of alkyl halides is 3. The SMILES string of the molecule is O=C(Nc1cccc(C(F)(F)F)c1)c1cc(F)cnc1NCc1ccnc2[nH]ncc12. The van der Waals surface area contributed by atoms with E-state index in [1.807, 2.05) is 0 Å². The summed E-state index contributed by atoms with van der Waals surface area (Å²) in [6.07, 6.45) is -0.449. The number of pyridine rings is 2. The molecule has 0 aliphatic heterocycles. The van der Waals surface area contributed by atoms with Crippen LogP contribution in [0.4, 0.5) is 29.1 Å². The number of anilines is 2.